The lowest BCUT2D eigenvalue weighted by molar-refractivity contribution is -0.124. The number of halogens is 1. The fourth-order valence-electron chi connectivity index (χ4n) is 5.08. The first-order valence-electron chi connectivity index (χ1n) is 11.4. The van der Waals surface area contributed by atoms with Crippen LogP contribution in [0.5, 0.6) is 5.75 Å². The lowest BCUT2D eigenvalue weighted by atomic mass is 9.74. The van der Waals surface area contributed by atoms with Gasteiger partial charge in [-0.15, -0.1) is 0 Å². The largest absolute Gasteiger partial charge is 0.491 e. The summed E-state index contributed by atoms with van der Waals surface area (Å²) < 4.78 is 5.84. The molecule has 0 radical (unpaired) electrons. The molecule has 1 aliphatic heterocycles. The number of urea groups is 1. The van der Waals surface area contributed by atoms with Crippen molar-refractivity contribution in [1.82, 2.24) is 10.3 Å². The van der Waals surface area contributed by atoms with E-state index in [4.69, 9.17) is 16.3 Å². The van der Waals surface area contributed by atoms with Crippen LogP contribution in [0.1, 0.15) is 44.6 Å². The average molecular weight is 464 g/mol. The molecule has 3 unspecified atom stereocenters. The minimum atomic E-state index is -0.400. The number of nitrogens with zero attached hydrogens (tertiary/aromatic N) is 2. The Labute approximate surface area is 197 Å². The van der Waals surface area contributed by atoms with E-state index in [9.17, 15) is 9.59 Å². The third-order valence-corrected chi connectivity index (χ3v) is 6.91. The molecule has 1 saturated carbocycles. The second-order valence-electron chi connectivity index (χ2n) is 9.08. The van der Waals surface area contributed by atoms with Gasteiger partial charge in [0.25, 0.3) is 0 Å². The molecule has 6 nitrogen and oxygen atoms in total. The smallest absolute Gasteiger partial charge is 0.329 e. The topological polar surface area (TPSA) is 71.5 Å². The first-order chi connectivity index (χ1) is 15.9. The number of hydrogen-bond acceptors (Lipinski definition) is 4. The molecule has 1 N–H and O–H groups in total. The Morgan fingerprint density at radius 1 is 1.12 bits per heavy atom. The molecule has 33 heavy (non-hydrogen) atoms. The fourth-order valence-corrected chi connectivity index (χ4v) is 5.36. The number of hydrogen-bond donors (Lipinski definition) is 1. The molecule has 3 amide bonds. The molecule has 1 aliphatic carbocycles. The van der Waals surface area contributed by atoms with Gasteiger partial charge in [0.1, 0.15) is 5.75 Å². The molecule has 1 saturated heterocycles. The monoisotopic (exact) mass is 463 g/mol. The molecule has 1 aromatic heterocycles. The van der Waals surface area contributed by atoms with Crippen molar-refractivity contribution < 1.29 is 14.3 Å². The van der Waals surface area contributed by atoms with Crippen molar-refractivity contribution in [2.45, 2.75) is 51.2 Å². The highest BCUT2D eigenvalue weighted by Gasteiger charge is 2.45. The van der Waals surface area contributed by atoms with Crippen molar-refractivity contribution in [3.8, 4) is 5.75 Å². The number of rotatable bonds is 4. The molecule has 2 aliphatic rings. The van der Waals surface area contributed by atoms with Gasteiger partial charge in [0.15, 0.2) is 0 Å². The van der Waals surface area contributed by atoms with Gasteiger partial charge in [-0.2, -0.15) is 0 Å². The summed E-state index contributed by atoms with van der Waals surface area (Å²) in [5, 5.41) is 5.50. The van der Waals surface area contributed by atoms with Crippen molar-refractivity contribution in [3.63, 3.8) is 0 Å². The van der Waals surface area contributed by atoms with Gasteiger partial charge >= 0.3 is 6.03 Å². The Balaban J connectivity index is 1.40. The van der Waals surface area contributed by atoms with Gasteiger partial charge in [-0.1, -0.05) is 35.9 Å². The molecule has 5 rings (SSSR count). The van der Waals surface area contributed by atoms with Crippen LogP contribution in [-0.4, -0.2) is 29.1 Å². The van der Waals surface area contributed by atoms with Crippen molar-refractivity contribution in [2.75, 3.05) is 4.90 Å². The number of nitrogens with one attached hydrogen (secondary N) is 1. The van der Waals surface area contributed by atoms with Crippen LogP contribution >= 0.6 is 11.6 Å². The van der Waals surface area contributed by atoms with E-state index < -0.39 is 6.03 Å². The van der Waals surface area contributed by atoms with Crippen LogP contribution < -0.4 is 15.0 Å². The van der Waals surface area contributed by atoms with Crippen LogP contribution in [0.2, 0.25) is 5.02 Å². The van der Waals surface area contributed by atoms with E-state index in [1.807, 2.05) is 56.3 Å². The summed E-state index contributed by atoms with van der Waals surface area (Å²) >= 11 is 6.53. The summed E-state index contributed by atoms with van der Waals surface area (Å²) in [6, 6.07) is 12.7. The number of aromatic nitrogens is 1. The predicted molar refractivity (Wildman–Crippen MR) is 129 cm³/mol. The number of carbonyl (C=O) groups is 2. The van der Waals surface area contributed by atoms with E-state index in [0.717, 1.165) is 28.5 Å². The molecule has 2 fully saturated rings. The Kier molecular flexibility index (Phi) is 5.71. The van der Waals surface area contributed by atoms with Gasteiger partial charge in [0.05, 0.1) is 23.9 Å². The first-order valence-corrected chi connectivity index (χ1v) is 11.7. The molecule has 0 bridgehead atoms. The Bertz CT molecular complexity index is 1220. The number of anilines is 1. The van der Waals surface area contributed by atoms with E-state index in [1.165, 1.54) is 4.90 Å². The second-order valence-corrected chi connectivity index (χ2v) is 9.48. The highest BCUT2D eigenvalue weighted by Crippen LogP contribution is 2.42. The minimum Gasteiger partial charge on any atom is -0.491 e. The van der Waals surface area contributed by atoms with E-state index in [1.54, 1.807) is 12.4 Å². The second kappa shape index (κ2) is 8.67. The Hall–Kier alpha value is -3.12. The van der Waals surface area contributed by atoms with Gasteiger partial charge in [0, 0.05) is 28.0 Å². The molecule has 2 heterocycles. The number of amides is 3. The Morgan fingerprint density at radius 2 is 1.94 bits per heavy atom. The first kappa shape index (κ1) is 21.7. The number of carbonyl (C=O) groups excluding carboxylic acids is 2. The van der Waals surface area contributed by atoms with Gasteiger partial charge in [0.2, 0.25) is 5.91 Å². The highest BCUT2D eigenvalue weighted by atomic mass is 35.5. The van der Waals surface area contributed by atoms with Crippen molar-refractivity contribution in [3.05, 3.63) is 65.4 Å². The zero-order valence-corrected chi connectivity index (χ0v) is 19.4. The quantitative estimate of drug-likeness (QED) is 0.540. The molecule has 2 aromatic carbocycles. The zero-order valence-electron chi connectivity index (χ0n) is 18.6. The third-order valence-electron chi connectivity index (χ3n) is 6.57. The molecular formula is C26H26ClN3O3. The number of pyridine rings is 1. The summed E-state index contributed by atoms with van der Waals surface area (Å²) in [7, 11) is 0. The van der Waals surface area contributed by atoms with E-state index in [0.29, 0.717) is 23.6 Å². The minimum absolute atomic E-state index is 0.0690. The standard InChI is InChI=1S/C26H26ClN3O3/c1-15(2)33-18-8-10-22(27)21(12-18)16-7-9-20-23(11-16)29-26(32)30(25(20)31)24-14-28-13-17-5-3-4-6-19(17)24/h3-6,8,10,12-16,20,23H,7,9,11H2,1-2H3,(H,29,32). The van der Waals surface area contributed by atoms with Gasteiger partial charge in [-0.3, -0.25) is 9.78 Å². The lowest BCUT2D eigenvalue weighted by Crippen LogP contribution is -2.61. The highest BCUT2D eigenvalue weighted by molar-refractivity contribution is 6.31. The fraction of sp³-hybridized carbons (Fsp3) is 0.346. The van der Waals surface area contributed by atoms with Crippen LogP contribution in [0.3, 0.4) is 0 Å². The Morgan fingerprint density at radius 3 is 2.76 bits per heavy atom. The number of ether oxygens (including phenoxy) is 1. The molecule has 3 atom stereocenters. The number of imide groups is 1. The van der Waals surface area contributed by atoms with Crippen LogP contribution in [0.15, 0.2) is 54.9 Å². The summed E-state index contributed by atoms with van der Waals surface area (Å²) in [5.41, 5.74) is 1.54. The summed E-state index contributed by atoms with van der Waals surface area (Å²) in [5.74, 6) is 0.494. The van der Waals surface area contributed by atoms with Gasteiger partial charge < -0.3 is 10.1 Å². The SMILES string of the molecule is CC(C)Oc1ccc(Cl)c(C2CCC3C(=O)N(c4cncc5ccccc45)C(=O)NC3C2)c1. The molecular weight excluding hydrogens is 438 g/mol. The van der Waals surface area contributed by atoms with Crippen LogP contribution in [-0.2, 0) is 4.79 Å². The molecule has 170 valence electrons. The van der Waals surface area contributed by atoms with Gasteiger partial charge in [-0.05, 0) is 62.8 Å². The van der Waals surface area contributed by atoms with Crippen LogP contribution in [0.25, 0.3) is 10.8 Å². The van der Waals surface area contributed by atoms with E-state index in [2.05, 4.69) is 10.3 Å². The summed E-state index contributed by atoms with van der Waals surface area (Å²) in [6.45, 7) is 3.97. The van der Waals surface area contributed by atoms with Gasteiger partial charge in [-0.25, -0.2) is 9.69 Å². The van der Waals surface area contributed by atoms with Crippen molar-refractivity contribution in [1.29, 1.82) is 0 Å². The predicted octanol–water partition coefficient (Wildman–Crippen LogP) is 5.68. The maximum absolute atomic E-state index is 13.5. The zero-order chi connectivity index (χ0) is 23.1. The van der Waals surface area contributed by atoms with Crippen LogP contribution in [0, 0.1) is 5.92 Å². The van der Waals surface area contributed by atoms with E-state index in [-0.39, 0.29) is 29.9 Å². The number of fused-ring (bicyclic) bond motifs is 2. The summed E-state index contributed by atoms with van der Waals surface area (Å²) in [6.07, 6.45) is 5.55. The molecule has 0 spiro atoms. The van der Waals surface area contributed by atoms with E-state index >= 15 is 0 Å². The third kappa shape index (κ3) is 4.04. The number of benzene rings is 2. The average Bonchev–Trinajstić information content (AvgIpc) is 2.80. The molecule has 7 heteroatoms. The normalized spacial score (nSPS) is 22.9. The van der Waals surface area contributed by atoms with Crippen molar-refractivity contribution in [2.24, 2.45) is 5.92 Å². The lowest BCUT2D eigenvalue weighted by Gasteiger charge is -2.42. The maximum atomic E-state index is 13.5. The molecule has 3 aromatic rings. The summed E-state index contributed by atoms with van der Waals surface area (Å²) in [4.78, 5) is 32.1. The maximum Gasteiger partial charge on any atom is 0.329 e. The van der Waals surface area contributed by atoms with Crippen LogP contribution in [0.4, 0.5) is 10.5 Å². The van der Waals surface area contributed by atoms with Crippen molar-refractivity contribution >= 4 is 40.0 Å².